The van der Waals surface area contributed by atoms with Crippen LogP contribution in [0.3, 0.4) is 0 Å². The van der Waals surface area contributed by atoms with Crippen molar-refractivity contribution in [3.63, 3.8) is 0 Å². The van der Waals surface area contributed by atoms with Gasteiger partial charge in [-0.15, -0.1) is 0 Å². The van der Waals surface area contributed by atoms with Gasteiger partial charge in [-0.2, -0.15) is 0 Å². The van der Waals surface area contributed by atoms with Crippen molar-refractivity contribution < 1.29 is 48.6 Å². The molecule has 8 N–H and O–H groups in total. The molecule has 268 valence electrons. The van der Waals surface area contributed by atoms with Gasteiger partial charge in [0, 0.05) is 27.4 Å². The number of carbonyl (C=O) groups excluding carboxylic acids is 8. The van der Waals surface area contributed by atoms with Crippen molar-refractivity contribution in [3.05, 3.63) is 0 Å². The highest BCUT2D eigenvalue weighted by molar-refractivity contribution is 5.96. The summed E-state index contributed by atoms with van der Waals surface area (Å²) >= 11 is 0. The lowest BCUT2D eigenvalue weighted by Gasteiger charge is -2.28. The Morgan fingerprint density at radius 2 is 1.23 bits per heavy atom. The lowest BCUT2D eigenvalue weighted by atomic mass is 9.99. The molecular weight excluding hydrogens is 618 g/mol. The molecule has 17 heteroatoms. The minimum absolute atomic E-state index is 0.0267. The molecule has 0 spiro atoms. The van der Waals surface area contributed by atoms with Crippen LogP contribution in [0.25, 0.3) is 0 Å². The van der Waals surface area contributed by atoms with E-state index in [1.54, 1.807) is 27.9 Å². The Morgan fingerprint density at radius 3 is 1.68 bits per heavy atom. The van der Waals surface area contributed by atoms with Gasteiger partial charge in [0.05, 0.1) is 18.8 Å². The van der Waals surface area contributed by atoms with Gasteiger partial charge in [0.15, 0.2) is 0 Å². The molecule has 0 aliphatic rings. The summed E-state index contributed by atoms with van der Waals surface area (Å²) < 4.78 is 0. The second kappa shape index (κ2) is 20.9. The zero-order valence-electron chi connectivity index (χ0n) is 28.7. The van der Waals surface area contributed by atoms with Crippen molar-refractivity contribution in [3.8, 4) is 0 Å². The van der Waals surface area contributed by atoms with Crippen molar-refractivity contribution in [1.29, 1.82) is 0 Å². The van der Waals surface area contributed by atoms with E-state index in [9.17, 15) is 48.6 Å². The number of amides is 7. The fraction of sp³-hybridized carbons (Fsp3) is 0.733. The van der Waals surface area contributed by atoms with Crippen molar-refractivity contribution in [2.24, 2.45) is 11.8 Å². The van der Waals surface area contributed by atoms with E-state index in [1.807, 2.05) is 13.8 Å². The van der Waals surface area contributed by atoms with Crippen molar-refractivity contribution in [2.45, 2.75) is 110 Å². The first-order valence-corrected chi connectivity index (χ1v) is 15.5. The molecule has 0 unspecified atom stereocenters. The van der Waals surface area contributed by atoms with E-state index in [1.165, 1.54) is 18.7 Å². The molecule has 17 nitrogen and oxygen atoms in total. The molecule has 0 saturated carbocycles. The quantitative estimate of drug-likeness (QED) is 0.0612. The zero-order chi connectivity index (χ0) is 36.6. The van der Waals surface area contributed by atoms with E-state index in [4.69, 9.17) is 0 Å². The Balaban J connectivity index is 5.56. The number of aliphatic hydroxyl groups excluding tert-OH is 2. The Morgan fingerprint density at radius 1 is 0.702 bits per heavy atom. The van der Waals surface area contributed by atoms with E-state index in [-0.39, 0.29) is 31.1 Å². The van der Waals surface area contributed by atoms with E-state index < -0.39 is 90.3 Å². The Bertz CT molecular complexity index is 1110. The second-order valence-corrected chi connectivity index (χ2v) is 12.4. The lowest BCUT2D eigenvalue weighted by Crippen LogP contribution is -2.61. The lowest BCUT2D eigenvalue weighted by molar-refractivity contribution is -0.136. The van der Waals surface area contributed by atoms with Crippen LogP contribution >= 0.6 is 0 Å². The van der Waals surface area contributed by atoms with E-state index >= 15 is 0 Å². The Hall–Kier alpha value is -4.12. The first kappa shape index (κ1) is 42.9. The summed E-state index contributed by atoms with van der Waals surface area (Å²) in [4.78, 5) is 101. The van der Waals surface area contributed by atoms with Crippen LogP contribution in [0.2, 0.25) is 0 Å². The molecule has 0 rings (SSSR count). The summed E-state index contributed by atoms with van der Waals surface area (Å²) in [6, 6.07) is -7.37. The molecule has 47 heavy (non-hydrogen) atoms. The van der Waals surface area contributed by atoms with Gasteiger partial charge >= 0.3 is 0 Å². The summed E-state index contributed by atoms with van der Waals surface area (Å²) in [6.45, 7) is 9.79. The number of nitrogens with zero attached hydrogens (tertiary/aromatic N) is 1. The normalized spacial score (nSPS) is 15.5. The number of aldehydes is 1. The third kappa shape index (κ3) is 15.8. The highest BCUT2D eigenvalue weighted by atomic mass is 16.3. The molecule has 0 aromatic heterocycles. The molecule has 7 amide bonds. The monoisotopic (exact) mass is 671 g/mol. The number of nitrogens with one attached hydrogen (secondary N) is 6. The summed E-state index contributed by atoms with van der Waals surface area (Å²) in [5.41, 5.74) is 0. The molecule has 0 aromatic rings. The van der Waals surface area contributed by atoms with Gasteiger partial charge in [-0.05, 0) is 38.5 Å². The molecular formula is C30H53N7O10. The predicted octanol–water partition coefficient (Wildman–Crippen LogP) is -2.92. The number of aliphatic hydroxyl groups is 2. The van der Waals surface area contributed by atoms with Crippen LogP contribution in [0, 0.1) is 11.8 Å². The molecule has 0 aromatic carbocycles. The first-order chi connectivity index (χ1) is 21.7. The van der Waals surface area contributed by atoms with E-state index in [0.29, 0.717) is 6.29 Å². The third-order valence-corrected chi connectivity index (χ3v) is 6.94. The molecule has 0 saturated heterocycles. The maximum absolute atomic E-state index is 13.3. The van der Waals surface area contributed by atoms with Gasteiger partial charge in [-0.3, -0.25) is 33.6 Å². The van der Waals surface area contributed by atoms with Crippen LogP contribution in [-0.4, -0.2) is 126 Å². The third-order valence-electron chi connectivity index (χ3n) is 6.94. The minimum atomic E-state index is -1.54. The fourth-order valence-corrected chi connectivity index (χ4v) is 4.20. The number of hydrogen-bond donors (Lipinski definition) is 8. The summed E-state index contributed by atoms with van der Waals surface area (Å²) in [6.07, 6.45) is -0.499. The van der Waals surface area contributed by atoms with Crippen LogP contribution in [0.4, 0.5) is 0 Å². The second-order valence-electron chi connectivity index (χ2n) is 12.4. The van der Waals surface area contributed by atoms with Crippen molar-refractivity contribution in [1.82, 2.24) is 36.8 Å². The van der Waals surface area contributed by atoms with Crippen molar-refractivity contribution in [2.75, 3.05) is 20.7 Å². The average Bonchev–Trinajstić information content (AvgIpc) is 2.97. The first-order valence-electron chi connectivity index (χ1n) is 15.5. The van der Waals surface area contributed by atoms with Crippen LogP contribution in [0.5, 0.6) is 0 Å². The van der Waals surface area contributed by atoms with Gasteiger partial charge < -0.3 is 51.8 Å². The van der Waals surface area contributed by atoms with Gasteiger partial charge in [0.25, 0.3) is 0 Å². The molecule has 0 bridgehead atoms. The topological polar surface area (TPSA) is 252 Å². The predicted molar refractivity (Wildman–Crippen MR) is 170 cm³/mol. The average molecular weight is 672 g/mol. The van der Waals surface area contributed by atoms with Gasteiger partial charge in [-0.25, -0.2) is 0 Å². The highest BCUT2D eigenvalue weighted by Gasteiger charge is 2.33. The maximum atomic E-state index is 13.3. The molecule has 0 aliphatic heterocycles. The highest BCUT2D eigenvalue weighted by Crippen LogP contribution is 2.09. The van der Waals surface area contributed by atoms with Crippen LogP contribution in [-0.2, 0) is 38.4 Å². The van der Waals surface area contributed by atoms with Crippen LogP contribution < -0.4 is 31.9 Å². The number of hydrogen-bond acceptors (Lipinski definition) is 10. The smallest absolute Gasteiger partial charge is 0.245 e. The zero-order valence-corrected chi connectivity index (χ0v) is 28.7. The largest absolute Gasteiger partial charge is 0.394 e. The minimum Gasteiger partial charge on any atom is -0.394 e. The van der Waals surface area contributed by atoms with Crippen molar-refractivity contribution >= 4 is 47.6 Å². The molecule has 0 heterocycles. The van der Waals surface area contributed by atoms with Gasteiger partial charge in [-0.1, -0.05) is 27.7 Å². The summed E-state index contributed by atoms with van der Waals surface area (Å²) in [7, 11) is 3.14. The Kier molecular flexibility index (Phi) is 19.1. The van der Waals surface area contributed by atoms with Crippen LogP contribution in [0.15, 0.2) is 0 Å². The van der Waals surface area contributed by atoms with Gasteiger partial charge in [0.1, 0.15) is 36.5 Å². The standard InChI is InChI=1S/C30H53N7O10/c1-15(2)12-21(27(44)33-20(13-38)10-11-23(42)37(8)9)34-29(46)24(16(3)4)36-26(43)17(5)31-28(45)22(14-39)35-30(47)25(18(6)40)32-19(7)41/h13,15-18,20-22,24-25,39-40H,10-12,14H2,1-9H3,(H,31,45)(H,32,41)(H,33,44)(H,34,46)(H,35,47)(H,36,43)/t17-,18+,20-,21-,22-,24-,25-/m0/s1. The summed E-state index contributed by atoms with van der Waals surface area (Å²) in [5, 5.41) is 34.0. The number of carbonyl (C=O) groups is 8. The molecule has 0 radical (unpaired) electrons. The van der Waals surface area contributed by atoms with Crippen LogP contribution in [0.1, 0.15) is 67.7 Å². The SMILES string of the molecule is CC(=O)N[C@H](C(=O)N[C@@H](CO)C(=O)N[C@@H](C)C(=O)N[C@H](C(=O)N[C@@H](CC(C)C)C(=O)N[C@H](C=O)CCC(=O)N(C)C)C(C)C)[C@@H](C)O. The molecule has 7 atom stereocenters. The van der Waals surface area contributed by atoms with E-state index in [2.05, 4.69) is 31.9 Å². The summed E-state index contributed by atoms with van der Waals surface area (Å²) in [5.74, 6) is -5.36. The van der Waals surface area contributed by atoms with Gasteiger partial charge in [0.2, 0.25) is 41.4 Å². The van der Waals surface area contributed by atoms with E-state index in [0.717, 1.165) is 6.92 Å². The fourth-order valence-electron chi connectivity index (χ4n) is 4.20. The number of rotatable bonds is 20. The Labute approximate surface area is 275 Å². The maximum Gasteiger partial charge on any atom is 0.245 e. The molecule has 0 fully saturated rings. The molecule has 0 aliphatic carbocycles.